The topological polar surface area (TPSA) is 94.2 Å². The molecule has 0 spiro atoms. The normalized spacial score (nSPS) is 11.9. The summed E-state index contributed by atoms with van der Waals surface area (Å²) in [6.07, 6.45) is 0. The Kier molecular flexibility index (Phi) is 9.06. The largest absolute Gasteiger partial charge is 0.497 e. The van der Waals surface area contributed by atoms with E-state index in [4.69, 9.17) is 25.8 Å². The average Bonchev–Trinajstić information content (AvgIpc) is 2.86. The summed E-state index contributed by atoms with van der Waals surface area (Å²) in [4.78, 5) is 13.0. The van der Waals surface area contributed by atoms with Crippen molar-refractivity contribution in [3.63, 3.8) is 0 Å². The van der Waals surface area contributed by atoms with E-state index in [2.05, 4.69) is 5.32 Å². The van der Waals surface area contributed by atoms with Crippen molar-refractivity contribution in [2.75, 3.05) is 31.7 Å². The molecule has 0 aliphatic heterocycles. The van der Waals surface area contributed by atoms with Crippen molar-refractivity contribution in [1.82, 2.24) is 5.32 Å². The molecule has 36 heavy (non-hydrogen) atoms. The molecule has 8 nitrogen and oxygen atoms in total. The Hall–Kier alpha value is -3.43. The number of methoxy groups -OCH3 is 2. The van der Waals surface area contributed by atoms with Crippen LogP contribution in [0.4, 0.5) is 5.69 Å². The summed E-state index contributed by atoms with van der Waals surface area (Å²) >= 11 is 6.17. The van der Waals surface area contributed by atoms with Gasteiger partial charge in [-0.2, -0.15) is 0 Å². The molecular weight excluding hydrogens is 504 g/mol. The minimum atomic E-state index is -4.12. The maximum absolute atomic E-state index is 13.6. The second-order valence-corrected chi connectivity index (χ2v) is 10.4. The van der Waals surface area contributed by atoms with E-state index in [0.717, 1.165) is 9.87 Å². The summed E-state index contributed by atoms with van der Waals surface area (Å²) in [5.74, 6) is 1.07. The number of benzene rings is 3. The number of rotatable bonds is 11. The fourth-order valence-electron chi connectivity index (χ4n) is 3.38. The van der Waals surface area contributed by atoms with E-state index in [1.165, 1.54) is 25.3 Å². The lowest BCUT2D eigenvalue weighted by atomic mass is 10.2. The molecule has 0 fully saturated rings. The predicted octanol–water partition coefficient (Wildman–Crippen LogP) is 4.44. The lowest BCUT2D eigenvalue weighted by Crippen LogP contribution is -2.45. The molecule has 3 rings (SSSR count). The number of amides is 1. The van der Waals surface area contributed by atoms with Crippen molar-refractivity contribution in [2.45, 2.75) is 24.8 Å². The van der Waals surface area contributed by atoms with Gasteiger partial charge in [0.1, 0.15) is 30.4 Å². The van der Waals surface area contributed by atoms with Gasteiger partial charge in [-0.25, -0.2) is 8.42 Å². The fraction of sp³-hybridized carbons (Fsp3) is 0.269. The highest BCUT2D eigenvalue weighted by atomic mass is 35.5. The van der Waals surface area contributed by atoms with Gasteiger partial charge in [0.2, 0.25) is 5.91 Å². The van der Waals surface area contributed by atoms with Gasteiger partial charge in [0.15, 0.2) is 0 Å². The Bertz CT molecular complexity index is 1280. The second kappa shape index (κ2) is 12.0. The summed E-state index contributed by atoms with van der Waals surface area (Å²) in [7, 11) is -1.13. The average molecular weight is 533 g/mol. The van der Waals surface area contributed by atoms with Crippen LogP contribution in [0.5, 0.6) is 17.2 Å². The first-order valence-electron chi connectivity index (χ1n) is 11.1. The van der Waals surface area contributed by atoms with E-state index in [0.29, 0.717) is 16.5 Å². The maximum Gasteiger partial charge on any atom is 0.264 e. The molecule has 1 N–H and O–H groups in total. The second-order valence-electron chi connectivity index (χ2n) is 8.10. The van der Waals surface area contributed by atoms with Crippen LogP contribution >= 0.6 is 11.6 Å². The molecule has 3 aromatic carbocycles. The van der Waals surface area contributed by atoms with Gasteiger partial charge in [0.25, 0.3) is 10.0 Å². The predicted molar refractivity (Wildman–Crippen MR) is 140 cm³/mol. The smallest absolute Gasteiger partial charge is 0.264 e. The van der Waals surface area contributed by atoms with E-state index >= 15 is 0 Å². The van der Waals surface area contributed by atoms with Crippen molar-refractivity contribution in [2.24, 2.45) is 0 Å². The van der Waals surface area contributed by atoms with Crippen molar-refractivity contribution in [3.05, 3.63) is 77.3 Å². The molecular formula is C26H29ClN2O6S. The van der Waals surface area contributed by atoms with Gasteiger partial charge in [-0.3, -0.25) is 9.10 Å². The summed E-state index contributed by atoms with van der Waals surface area (Å²) in [6, 6.07) is 17.6. The molecule has 0 heterocycles. The summed E-state index contributed by atoms with van der Waals surface area (Å²) < 4.78 is 44.5. The van der Waals surface area contributed by atoms with Crippen LogP contribution in [0.3, 0.4) is 0 Å². The van der Waals surface area contributed by atoms with E-state index in [1.54, 1.807) is 62.6 Å². The number of anilines is 1. The number of sulfonamides is 1. The van der Waals surface area contributed by atoms with Gasteiger partial charge < -0.3 is 19.5 Å². The SMILES string of the molecule is COc1ccc(OCC(C)NC(=O)CN(c2cc(Cl)ccc2OC)S(=O)(=O)c2ccc(C)cc2)cc1. The van der Waals surface area contributed by atoms with Gasteiger partial charge in [-0.05, 0) is 68.4 Å². The molecule has 0 saturated heterocycles. The number of nitrogens with one attached hydrogen (secondary N) is 1. The molecule has 0 aliphatic rings. The van der Waals surface area contributed by atoms with E-state index in [-0.39, 0.29) is 22.9 Å². The number of hydrogen-bond acceptors (Lipinski definition) is 6. The molecule has 0 radical (unpaired) electrons. The number of hydrogen-bond donors (Lipinski definition) is 1. The molecule has 1 amide bonds. The Morgan fingerprint density at radius 3 is 2.22 bits per heavy atom. The van der Waals surface area contributed by atoms with Gasteiger partial charge in [0, 0.05) is 5.02 Å². The zero-order valence-corrected chi connectivity index (χ0v) is 22.1. The first-order valence-corrected chi connectivity index (χ1v) is 12.9. The third kappa shape index (κ3) is 6.83. The summed E-state index contributed by atoms with van der Waals surface area (Å²) in [6.45, 7) is 3.32. The molecule has 1 unspecified atom stereocenters. The number of carbonyl (C=O) groups excluding carboxylic acids is 1. The molecule has 10 heteroatoms. The molecule has 0 saturated carbocycles. The first kappa shape index (κ1) is 27.2. The van der Waals surface area contributed by atoms with Crippen LogP contribution in [0.2, 0.25) is 5.02 Å². The highest BCUT2D eigenvalue weighted by molar-refractivity contribution is 7.92. The van der Waals surface area contributed by atoms with Crippen LogP contribution in [0.15, 0.2) is 71.6 Å². The van der Waals surface area contributed by atoms with Crippen LogP contribution in [0.25, 0.3) is 0 Å². The van der Waals surface area contributed by atoms with Crippen LogP contribution in [-0.2, 0) is 14.8 Å². The lowest BCUT2D eigenvalue weighted by Gasteiger charge is -2.26. The first-order chi connectivity index (χ1) is 17.1. The monoisotopic (exact) mass is 532 g/mol. The zero-order valence-electron chi connectivity index (χ0n) is 20.5. The Morgan fingerprint density at radius 2 is 1.61 bits per heavy atom. The van der Waals surface area contributed by atoms with Crippen LogP contribution < -0.4 is 23.8 Å². The quantitative estimate of drug-likeness (QED) is 0.392. The molecule has 3 aromatic rings. The maximum atomic E-state index is 13.6. The van der Waals surface area contributed by atoms with E-state index in [1.807, 2.05) is 6.92 Å². The molecule has 0 aromatic heterocycles. The molecule has 1 atom stereocenters. The van der Waals surface area contributed by atoms with Crippen LogP contribution in [-0.4, -0.2) is 47.7 Å². The van der Waals surface area contributed by atoms with Crippen molar-refractivity contribution in [3.8, 4) is 17.2 Å². The van der Waals surface area contributed by atoms with Crippen LogP contribution in [0, 0.1) is 6.92 Å². The van der Waals surface area contributed by atoms with Gasteiger partial charge in [-0.1, -0.05) is 29.3 Å². The summed E-state index contributed by atoms with van der Waals surface area (Å²) in [5, 5.41) is 3.09. The van der Waals surface area contributed by atoms with Crippen molar-refractivity contribution in [1.29, 1.82) is 0 Å². The van der Waals surface area contributed by atoms with E-state index < -0.39 is 28.5 Å². The standard InChI is InChI=1S/C26H29ClN2O6S/c1-18-5-12-23(13-6-18)36(31,32)29(24-15-20(27)7-14-25(24)34-4)16-26(30)28-19(2)17-35-22-10-8-21(33-3)9-11-22/h5-15,19H,16-17H2,1-4H3,(H,28,30). The molecule has 192 valence electrons. The third-order valence-electron chi connectivity index (χ3n) is 5.27. The lowest BCUT2D eigenvalue weighted by molar-refractivity contribution is -0.120. The number of nitrogens with zero attached hydrogens (tertiary/aromatic N) is 1. The third-order valence-corrected chi connectivity index (χ3v) is 7.28. The fourth-order valence-corrected chi connectivity index (χ4v) is 4.97. The minimum absolute atomic E-state index is 0.0406. The highest BCUT2D eigenvalue weighted by Crippen LogP contribution is 2.34. The molecule has 0 aliphatic carbocycles. The van der Waals surface area contributed by atoms with Crippen molar-refractivity contribution >= 4 is 33.2 Å². The number of halogens is 1. The van der Waals surface area contributed by atoms with Crippen molar-refractivity contribution < 1.29 is 27.4 Å². The Morgan fingerprint density at radius 1 is 0.972 bits per heavy atom. The Labute approximate surface area is 216 Å². The highest BCUT2D eigenvalue weighted by Gasteiger charge is 2.30. The van der Waals surface area contributed by atoms with Gasteiger partial charge in [-0.15, -0.1) is 0 Å². The van der Waals surface area contributed by atoms with Crippen LogP contribution in [0.1, 0.15) is 12.5 Å². The zero-order chi connectivity index (χ0) is 26.3. The van der Waals surface area contributed by atoms with E-state index in [9.17, 15) is 13.2 Å². The Balaban J connectivity index is 1.80. The minimum Gasteiger partial charge on any atom is -0.497 e. The van der Waals surface area contributed by atoms with Gasteiger partial charge in [0.05, 0.1) is 30.8 Å². The number of ether oxygens (including phenoxy) is 3. The molecule has 0 bridgehead atoms. The number of carbonyl (C=O) groups is 1. The summed E-state index contributed by atoms with van der Waals surface area (Å²) in [5.41, 5.74) is 1.06. The van der Waals surface area contributed by atoms with Gasteiger partial charge >= 0.3 is 0 Å². The number of aryl methyl sites for hydroxylation is 1.